The van der Waals surface area contributed by atoms with Crippen LogP contribution in [-0.2, 0) is 9.47 Å². The van der Waals surface area contributed by atoms with E-state index in [-0.39, 0.29) is 18.0 Å². The van der Waals surface area contributed by atoms with Crippen molar-refractivity contribution in [2.24, 2.45) is 0 Å². The molecule has 0 aliphatic rings. The zero-order valence-corrected chi connectivity index (χ0v) is 15.7. The van der Waals surface area contributed by atoms with Crippen molar-refractivity contribution in [2.75, 3.05) is 24.8 Å². The first-order valence-corrected chi connectivity index (χ1v) is 8.79. The molecule has 0 fully saturated rings. The Morgan fingerprint density at radius 3 is 2.50 bits per heavy atom. The fourth-order valence-electron chi connectivity index (χ4n) is 1.61. The number of ether oxygens (including phenoxy) is 2. The number of aromatic nitrogens is 2. The smallest absolute Gasteiger partial charge is 0.429 e. The van der Waals surface area contributed by atoms with Gasteiger partial charge in [-0.25, -0.2) is 24.6 Å². The summed E-state index contributed by atoms with van der Waals surface area (Å²) in [5.74, 6) is -0.367. The van der Waals surface area contributed by atoms with E-state index >= 15 is 0 Å². The lowest BCUT2D eigenvalue weighted by atomic mass is 10.2. The molecule has 1 amide bonds. The number of anilines is 1. The van der Waals surface area contributed by atoms with Gasteiger partial charge in [-0.15, -0.1) is 0 Å². The molecule has 0 unspecified atom stereocenters. The molecule has 0 saturated carbocycles. The van der Waals surface area contributed by atoms with Crippen molar-refractivity contribution < 1.29 is 19.1 Å². The van der Waals surface area contributed by atoms with E-state index in [0.29, 0.717) is 11.7 Å². The number of amides is 1. The van der Waals surface area contributed by atoms with Crippen LogP contribution in [0.25, 0.3) is 0 Å². The molecule has 1 aromatic rings. The summed E-state index contributed by atoms with van der Waals surface area (Å²) in [6.45, 7) is 9.36. The molecule has 0 spiro atoms. The predicted molar refractivity (Wildman–Crippen MR) is 92.0 cm³/mol. The van der Waals surface area contributed by atoms with Gasteiger partial charge in [0, 0.05) is 12.7 Å². The number of nitrogens with one attached hydrogen (secondary N) is 1. The van der Waals surface area contributed by atoms with Crippen LogP contribution in [0.15, 0.2) is 11.4 Å². The van der Waals surface area contributed by atoms with Gasteiger partial charge in [-0.3, -0.25) is 5.43 Å². The van der Waals surface area contributed by atoms with Crippen molar-refractivity contribution in [1.82, 2.24) is 15.0 Å². The van der Waals surface area contributed by atoms with Gasteiger partial charge in [0.05, 0.1) is 6.61 Å². The summed E-state index contributed by atoms with van der Waals surface area (Å²) >= 11 is 1.32. The highest BCUT2D eigenvalue weighted by atomic mass is 32.2. The molecule has 0 bridgehead atoms. The van der Waals surface area contributed by atoms with Crippen LogP contribution in [0.2, 0.25) is 0 Å². The number of thioether (sulfide) groups is 1. The Kier molecular flexibility index (Phi) is 7.27. The van der Waals surface area contributed by atoms with Gasteiger partial charge in [-0.2, -0.15) is 0 Å². The molecule has 24 heavy (non-hydrogen) atoms. The lowest BCUT2D eigenvalue weighted by molar-refractivity contribution is 0.0302. The molecule has 1 heterocycles. The topological polar surface area (TPSA) is 93.6 Å². The third-order valence-electron chi connectivity index (χ3n) is 2.62. The van der Waals surface area contributed by atoms with Crippen molar-refractivity contribution in [1.29, 1.82) is 0 Å². The second-order valence-corrected chi connectivity index (χ2v) is 6.45. The Bertz CT molecular complexity index is 589. The molecule has 134 valence electrons. The predicted octanol–water partition coefficient (Wildman–Crippen LogP) is 2.96. The molecule has 8 nitrogen and oxygen atoms in total. The number of esters is 1. The summed E-state index contributed by atoms with van der Waals surface area (Å²) in [5.41, 5.74) is 2.34. The second kappa shape index (κ2) is 8.72. The fourth-order valence-corrected chi connectivity index (χ4v) is 1.95. The standard InChI is InChI=1S/C15H24N4O4S/c1-7-19(14(21)23-15(3,4)5)18-11-10(12(20)22-8-2)9-16-13(17-11)24-6/h9H,7-8H2,1-6H3,(H,16,17,18). The van der Waals surface area contributed by atoms with E-state index in [1.807, 2.05) is 6.26 Å². The Hall–Kier alpha value is -2.03. The molecule has 0 aliphatic carbocycles. The molecule has 0 aromatic carbocycles. The molecular weight excluding hydrogens is 332 g/mol. The van der Waals surface area contributed by atoms with Crippen LogP contribution in [0.3, 0.4) is 0 Å². The van der Waals surface area contributed by atoms with Crippen molar-refractivity contribution in [2.45, 2.75) is 45.4 Å². The van der Waals surface area contributed by atoms with Crippen LogP contribution in [0.1, 0.15) is 45.0 Å². The van der Waals surface area contributed by atoms with Crippen LogP contribution in [0, 0.1) is 0 Å². The van der Waals surface area contributed by atoms with Gasteiger partial charge in [0.1, 0.15) is 11.2 Å². The van der Waals surface area contributed by atoms with Gasteiger partial charge in [0.2, 0.25) is 0 Å². The van der Waals surface area contributed by atoms with E-state index in [2.05, 4.69) is 15.4 Å². The zero-order valence-electron chi connectivity index (χ0n) is 14.9. The number of nitrogens with zero attached hydrogens (tertiary/aromatic N) is 3. The third kappa shape index (κ3) is 5.88. The summed E-state index contributed by atoms with van der Waals surface area (Å²) in [6, 6.07) is 0. The van der Waals surface area contributed by atoms with E-state index in [1.165, 1.54) is 23.0 Å². The van der Waals surface area contributed by atoms with Crippen LogP contribution < -0.4 is 5.43 Å². The van der Waals surface area contributed by atoms with Crippen molar-refractivity contribution >= 4 is 29.6 Å². The van der Waals surface area contributed by atoms with Gasteiger partial charge < -0.3 is 9.47 Å². The lowest BCUT2D eigenvalue weighted by Crippen LogP contribution is -2.41. The number of rotatable bonds is 6. The van der Waals surface area contributed by atoms with Crippen molar-refractivity contribution in [3.8, 4) is 0 Å². The summed E-state index contributed by atoms with van der Waals surface area (Å²) in [6.07, 6.45) is 2.63. The van der Waals surface area contributed by atoms with Crippen LogP contribution in [-0.4, -0.2) is 52.0 Å². The summed E-state index contributed by atoms with van der Waals surface area (Å²) in [5, 5.41) is 1.70. The molecule has 1 N–H and O–H groups in total. The summed E-state index contributed by atoms with van der Waals surface area (Å²) in [7, 11) is 0. The van der Waals surface area contributed by atoms with Gasteiger partial charge in [0.25, 0.3) is 0 Å². The molecule has 0 atom stereocenters. The molecule has 1 rings (SSSR count). The highest BCUT2D eigenvalue weighted by Crippen LogP contribution is 2.19. The van der Waals surface area contributed by atoms with Gasteiger partial charge >= 0.3 is 12.1 Å². The maximum Gasteiger partial charge on any atom is 0.429 e. The average Bonchev–Trinajstić information content (AvgIpc) is 2.50. The minimum atomic E-state index is -0.633. The summed E-state index contributed by atoms with van der Waals surface area (Å²) in [4.78, 5) is 32.6. The van der Waals surface area contributed by atoms with E-state index in [1.54, 1.807) is 34.6 Å². The van der Waals surface area contributed by atoms with Gasteiger partial charge in [-0.05, 0) is 40.9 Å². The number of carbonyl (C=O) groups is 2. The zero-order chi connectivity index (χ0) is 18.3. The van der Waals surface area contributed by atoms with E-state index in [9.17, 15) is 9.59 Å². The molecule has 1 aromatic heterocycles. The molecule has 0 aliphatic heterocycles. The fraction of sp³-hybridized carbons (Fsp3) is 0.600. The van der Waals surface area contributed by atoms with Crippen LogP contribution >= 0.6 is 11.8 Å². The van der Waals surface area contributed by atoms with Crippen molar-refractivity contribution in [3.05, 3.63) is 11.8 Å². The van der Waals surface area contributed by atoms with Crippen molar-refractivity contribution in [3.63, 3.8) is 0 Å². The van der Waals surface area contributed by atoms with Crippen LogP contribution in [0.5, 0.6) is 0 Å². The largest absolute Gasteiger partial charge is 0.462 e. The Labute approximate surface area is 146 Å². The number of hydrazine groups is 1. The molecule has 0 saturated heterocycles. The lowest BCUT2D eigenvalue weighted by Gasteiger charge is -2.27. The van der Waals surface area contributed by atoms with E-state index in [0.717, 1.165) is 0 Å². The van der Waals surface area contributed by atoms with Gasteiger partial charge in [-0.1, -0.05) is 11.8 Å². The highest BCUT2D eigenvalue weighted by Gasteiger charge is 2.24. The Balaban J connectivity index is 3.08. The highest BCUT2D eigenvalue weighted by molar-refractivity contribution is 7.98. The van der Waals surface area contributed by atoms with E-state index < -0.39 is 17.7 Å². The monoisotopic (exact) mass is 356 g/mol. The minimum absolute atomic E-state index is 0.150. The minimum Gasteiger partial charge on any atom is -0.462 e. The number of hydrogen-bond donors (Lipinski definition) is 1. The SMILES string of the molecule is CCOC(=O)c1cnc(SC)nc1NN(CC)C(=O)OC(C)(C)C. The maximum absolute atomic E-state index is 12.2. The average molecular weight is 356 g/mol. The first-order chi connectivity index (χ1) is 11.2. The maximum atomic E-state index is 12.2. The third-order valence-corrected chi connectivity index (χ3v) is 3.18. The summed E-state index contributed by atoms with van der Waals surface area (Å²) < 4.78 is 10.3. The Morgan fingerprint density at radius 2 is 2.00 bits per heavy atom. The molecule has 9 heteroatoms. The first-order valence-electron chi connectivity index (χ1n) is 7.57. The number of hydrogen-bond acceptors (Lipinski definition) is 8. The molecular formula is C15H24N4O4S. The first kappa shape index (κ1) is 20.0. The van der Waals surface area contributed by atoms with E-state index in [4.69, 9.17) is 9.47 Å². The molecule has 0 radical (unpaired) electrons. The normalized spacial score (nSPS) is 10.9. The second-order valence-electron chi connectivity index (χ2n) is 5.68. The Morgan fingerprint density at radius 1 is 1.33 bits per heavy atom. The van der Waals surface area contributed by atoms with Crippen LogP contribution in [0.4, 0.5) is 10.6 Å². The van der Waals surface area contributed by atoms with Gasteiger partial charge in [0.15, 0.2) is 11.0 Å². The number of carbonyl (C=O) groups excluding carboxylic acids is 2. The quantitative estimate of drug-likeness (QED) is 0.360.